The first kappa shape index (κ1) is 31.7. The Kier molecular flexibility index (Phi) is 8.25. The number of benzene rings is 5. The summed E-state index contributed by atoms with van der Waals surface area (Å²) in [5.74, 6) is 3.38. The summed E-state index contributed by atoms with van der Waals surface area (Å²) in [6.45, 7) is 7.21. The minimum atomic E-state index is 0.203. The van der Waals surface area contributed by atoms with E-state index in [1.807, 2.05) is 48.5 Å². The number of nitriles is 1. The van der Waals surface area contributed by atoms with E-state index in [-0.39, 0.29) is 5.41 Å². The molecule has 1 fully saturated rings. The predicted molar refractivity (Wildman–Crippen MR) is 204 cm³/mol. The monoisotopic (exact) mass is 651 g/mol. The van der Waals surface area contributed by atoms with Crippen molar-refractivity contribution in [3.05, 3.63) is 132 Å². The van der Waals surface area contributed by atoms with E-state index in [0.29, 0.717) is 23.0 Å². The fraction of sp³-hybridized carbons (Fsp3) is 0.244. The molecule has 246 valence electrons. The van der Waals surface area contributed by atoms with Gasteiger partial charge in [-0.2, -0.15) is 5.26 Å². The van der Waals surface area contributed by atoms with Crippen LogP contribution in [0.25, 0.3) is 61.7 Å². The number of para-hydroxylation sites is 1. The fourth-order valence-electron chi connectivity index (χ4n) is 8.34. The summed E-state index contributed by atoms with van der Waals surface area (Å²) >= 11 is 0. The van der Waals surface area contributed by atoms with Crippen LogP contribution in [0.2, 0.25) is 0 Å². The molecule has 2 aromatic heterocycles. The maximum absolute atomic E-state index is 9.72. The van der Waals surface area contributed by atoms with Gasteiger partial charge in [0.15, 0.2) is 17.5 Å². The zero-order valence-corrected chi connectivity index (χ0v) is 29.0. The first-order valence-electron chi connectivity index (χ1n) is 17.9. The maximum Gasteiger partial charge on any atom is 0.164 e. The van der Waals surface area contributed by atoms with Crippen molar-refractivity contribution in [1.29, 1.82) is 5.26 Å². The highest BCUT2D eigenvalue weighted by Crippen LogP contribution is 2.45. The first-order chi connectivity index (χ1) is 24.4. The van der Waals surface area contributed by atoms with Gasteiger partial charge >= 0.3 is 0 Å². The highest BCUT2D eigenvalue weighted by atomic mass is 15.0. The molecule has 0 N–H and O–H groups in total. The van der Waals surface area contributed by atoms with Gasteiger partial charge in [0.25, 0.3) is 0 Å². The topological polar surface area (TPSA) is 67.4 Å². The molecule has 1 aliphatic rings. The molecule has 3 atom stereocenters. The van der Waals surface area contributed by atoms with E-state index in [1.54, 1.807) is 0 Å². The summed E-state index contributed by atoms with van der Waals surface area (Å²) in [5.41, 5.74) is 8.15. The van der Waals surface area contributed by atoms with Crippen LogP contribution in [-0.2, 0) is 5.41 Å². The van der Waals surface area contributed by atoms with Crippen molar-refractivity contribution in [2.75, 3.05) is 0 Å². The average Bonchev–Trinajstić information content (AvgIpc) is 3.41. The van der Waals surface area contributed by atoms with Crippen LogP contribution >= 0.6 is 0 Å². The third-order valence-electron chi connectivity index (χ3n) is 10.9. The van der Waals surface area contributed by atoms with Crippen LogP contribution < -0.4 is 0 Å². The van der Waals surface area contributed by atoms with Gasteiger partial charge in [-0.15, -0.1) is 0 Å². The highest BCUT2D eigenvalue weighted by Gasteiger charge is 2.36. The fourth-order valence-corrected chi connectivity index (χ4v) is 8.34. The first-order valence-corrected chi connectivity index (χ1v) is 17.9. The Morgan fingerprint density at radius 1 is 0.640 bits per heavy atom. The molecule has 1 saturated carbocycles. The van der Waals surface area contributed by atoms with Crippen LogP contribution in [0.3, 0.4) is 0 Å². The zero-order chi connectivity index (χ0) is 34.2. The van der Waals surface area contributed by atoms with Gasteiger partial charge in [0.2, 0.25) is 0 Å². The average molecular weight is 652 g/mol. The molecule has 7 aromatic rings. The molecule has 1 unspecified atom stereocenters. The zero-order valence-electron chi connectivity index (χ0n) is 29.0. The summed E-state index contributed by atoms with van der Waals surface area (Å²) in [7, 11) is 0. The van der Waals surface area contributed by atoms with E-state index < -0.39 is 0 Å². The second-order valence-electron chi connectivity index (χ2n) is 14.3. The summed E-state index contributed by atoms with van der Waals surface area (Å²) < 4.78 is 2.23. The van der Waals surface area contributed by atoms with Crippen molar-refractivity contribution in [3.63, 3.8) is 0 Å². The third kappa shape index (κ3) is 5.75. The molecule has 0 amide bonds. The molecule has 2 heterocycles. The second-order valence-corrected chi connectivity index (χ2v) is 14.3. The Hall–Kier alpha value is -5.60. The van der Waals surface area contributed by atoms with Crippen LogP contribution in [0.1, 0.15) is 64.0 Å². The molecular formula is C45H41N5. The molecule has 0 saturated heterocycles. The smallest absolute Gasteiger partial charge is 0.164 e. The molecule has 0 radical (unpaired) electrons. The van der Waals surface area contributed by atoms with Gasteiger partial charge in [-0.3, -0.25) is 0 Å². The molecule has 5 heteroatoms. The molecule has 0 bridgehead atoms. The molecule has 1 aliphatic carbocycles. The van der Waals surface area contributed by atoms with Crippen LogP contribution in [0.15, 0.2) is 121 Å². The maximum atomic E-state index is 9.72. The van der Waals surface area contributed by atoms with Crippen molar-refractivity contribution in [2.45, 2.75) is 58.3 Å². The van der Waals surface area contributed by atoms with Gasteiger partial charge in [-0.25, -0.2) is 15.0 Å². The van der Waals surface area contributed by atoms with Crippen LogP contribution in [0, 0.1) is 23.2 Å². The lowest BCUT2D eigenvalue weighted by atomic mass is 9.69. The minimum Gasteiger partial charge on any atom is -0.309 e. The van der Waals surface area contributed by atoms with Crippen LogP contribution in [-0.4, -0.2) is 19.5 Å². The molecule has 8 rings (SSSR count). The van der Waals surface area contributed by atoms with Gasteiger partial charge in [0, 0.05) is 33.2 Å². The van der Waals surface area contributed by atoms with Gasteiger partial charge in [0.05, 0.1) is 22.7 Å². The van der Waals surface area contributed by atoms with E-state index in [1.165, 1.54) is 31.2 Å². The minimum absolute atomic E-state index is 0.203. The number of hydrogen-bond donors (Lipinski definition) is 0. The second kappa shape index (κ2) is 13.0. The lowest BCUT2D eigenvalue weighted by Gasteiger charge is -2.35. The number of aromatic nitrogens is 4. The van der Waals surface area contributed by atoms with Crippen molar-refractivity contribution in [2.24, 2.45) is 11.8 Å². The normalized spacial score (nSPS) is 19.3. The highest BCUT2D eigenvalue weighted by molar-refractivity contribution is 6.09. The van der Waals surface area contributed by atoms with Gasteiger partial charge < -0.3 is 4.57 Å². The number of nitrogens with zero attached hydrogens (tertiary/aromatic N) is 5. The Labute approximate surface area is 294 Å². The van der Waals surface area contributed by atoms with Crippen molar-refractivity contribution in [3.8, 4) is 45.9 Å². The van der Waals surface area contributed by atoms with Crippen LogP contribution in [0.5, 0.6) is 0 Å². The van der Waals surface area contributed by atoms with E-state index in [9.17, 15) is 5.26 Å². The number of hydrogen-bond acceptors (Lipinski definition) is 4. The largest absolute Gasteiger partial charge is 0.309 e. The lowest BCUT2D eigenvalue weighted by Crippen LogP contribution is -2.28. The predicted octanol–water partition coefficient (Wildman–Crippen LogP) is 11.3. The van der Waals surface area contributed by atoms with E-state index >= 15 is 0 Å². The standard InChI is InChI=1S/C45H41N5/c1-4-45(27-30(2)17-18-31(3)28-45)36-22-20-34(21-23-36)43-47-42(33-11-6-5-7-12-33)48-44(49-43)35-13-10-14-37(26-35)50-40-16-9-8-15-38(40)39-24-19-32(29-46)25-41(39)50/h5-16,19-26,30-31H,4,17-18,27-28H2,1-3H3/t30-,31+,45?. The van der Waals surface area contributed by atoms with E-state index in [0.717, 1.165) is 62.4 Å². The molecule has 0 spiro atoms. The Morgan fingerprint density at radius 2 is 1.24 bits per heavy atom. The van der Waals surface area contributed by atoms with Gasteiger partial charge in [-0.1, -0.05) is 125 Å². The summed E-state index contributed by atoms with van der Waals surface area (Å²) in [6, 6.07) is 44.2. The SMILES string of the molecule is CCC1(c2ccc(-c3nc(-c4ccccc4)nc(-c4cccc(-n5c6ccccc6c6ccc(C#N)cc65)c4)n3)cc2)C[C@H](C)CC[C@H](C)C1. The summed E-state index contributed by atoms with van der Waals surface area (Å²) in [6.07, 6.45) is 6.25. The Morgan fingerprint density at radius 3 is 1.92 bits per heavy atom. The van der Waals surface area contributed by atoms with E-state index in [4.69, 9.17) is 15.0 Å². The van der Waals surface area contributed by atoms with Crippen LogP contribution in [0.4, 0.5) is 0 Å². The van der Waals surface area contributed by atoms with Gasteiger partial charge in [-0.05, 0) is 72.4 Å². The number of rotatable bonds is 6. The quantitative estimate of drug-likeness (QED) is 0.168. The molecular weight excluding hydrogens is 611 g/mol. The summed E-state index contributed by atoms with van der Waals surface area (Å²) in [4.78, 5) is 15.2. The van der Waals surface area contributed by atoms with E-state index in [2.05, 4.69) is 104 Å². The Balaban J connectivity index is 1.25. The Bertz CT molecular complexity index is 2350. The van der Waals surface area contributed by atoms with Crippen molar-refractivity contribution < 1.29 is 0 Å². The third-order valence-corrected chi connectivity index (χ3v) is 10.9. The van der Waals surface area contributed by atoms with Crippen molar-refractivity contribution >= 4 is 21.8 Å². The molecule has 5 nitrogen and oxygen atoms in total. The van der Waals surface area contributed by atoms with Gasteiger partial charge in [0.1, 0.15) is 0 Å². The number of fused-ring (bicyclic) bond motifs is 3. The molecule has 50 heavy (non-hydrogen) atoms. The molecule has 5 aromatic carbocycles. The van der Waals surface area contributed by atoms with Crippen molar-refractivity contribution in [1.82, 2.24) is 19.5 Å². The summed E-state index contributed by atoms with van der Waals surface area (Å²) in [5, 5.41) is 12.0. The lowest BCUT2D eigenvalue weighted by molar-refractivity contribution is 0.295. The molecule has 0 aliphatic heterocycles.